The molecule has 0 spiro atoms. The van der Waals surface area contributed by atoms with Crippen LogP contribution in [0.2, 0.25) is 0 Å². The van der Waals surface area contributed by atoms with E-state index >= 15 is 0 Å². The van der Waals surface area contributed by atoms with Crippen LogP contribution in [0, 0.1) is 0 Å². The van der Waals surface area contributed by atoms with E-state index in [0.717, 1.165) is 4.47 Å². The van der Waals surface area contributed by atoms with Crippen molar-refractivity contribution in [3.8, 4) is 0 Å². The van der Waals surface area contributed by atoms with Gasteiger partial charge in [0.25, 0.3) is 0 Å². The zero-order chi connectivity index (χ0) is 9.68. The molecule has 0 fully saturated rings. The van der Waals surface area contributed by atoms with E-state index < -0.39 is 0 Å². The average molecular weight is 242 g/mol. The van der Waals surface area contributed by atoms with Crippen molar-refractivity contribution < 1.29 is 4.84 Å². The van der Waals surface area contributed by atoms with Crippen LogP contribution in [0.3, 0.4) is 0 Å². The van der Waals surface area contributed by atoms with Gasteiger partial charge in [-0.2, -0.15) is 0 Å². The van der Waals surface area contributed by atoms with Crippen LogP contribution in [-0.4, -0.2) is 13.3 Å². The fourth-order valence-corrected chi connectivity index (χ4v) is 1.44. The third-order valence-electron chi connectivity index (χ3n) is 1.76. The molecule has 0 N–H and O–H groups in total. The van der Waals surface area contributed by atoms with Crippen LogP contribution in [0.1, 0.15) is 18.4 Å². The maximum absolute atomic E-state index is 4.62. The fraction of sp³-hybridized carbons (Fsp3) is 0.300. The molecular weight excluding hydrogens is 230 g/mol. The van der Waals surface area contributed by atoms with Gasteiger partial charge < -0.3 is 4.84 Å². The monoisotopic (exact) mass is 241 g/mol. The molecule has 1 atom stereocenters. The fourth-order valence-electron chi connectivity index (χ4n) is 1.03. The first-order valence-electron chi connectivity index (χ1n) is 4.06. The maximum atomic E-state index is 4.62. The van der Waals surface area contributed by atoms with Gasteiger partial charge in [0, 0.05) is 10.4 Å². The highest BCUT2D eigenvalue weighted by molar-refractivity contribution is 9.10. The Balaban J connectivity index is 2.76. The van der Waals surface area contributed by atoms with Gasteiger partial charge >= 0.3 is 0 Å². The van der Waals surface area contributed by atoms with E-state index in [1.165, 1.54) is 5.56 Å². The van der Waals surface area contributed by atoms with E-state index in [9.17, 15) is 0 Å². The molecule has 3 heteroatoms. The molecule has 1 unspecified atom stereocenters. The van der Waals surface area contributed by atoms with E-state index in [2.05, 4.69) is 45.0 Å². The normalized spacial score (nSPS) is 13.2. The minimum atomic E-state index is 0.275. The summed E-state index contributed by atoms with van der Waals surface area (Å²) < 4.78 is 1.09. The van der Waals surface area contributed by atoms with E-state index in [4.69, 9.17) is 0 Å². The third kappa shape index (κ3) is 3.19. The molecule has 0 aromatic heterocycles. The minimum absolute atomic E-state index is 0.275. The third-order valence-corrected chi connectivity index (χ3v) is 2.26. The van der Waals surface area contributed by atoms with Crippen molar-refractivity contribution >= 4 is 22.1 Å². The Morgan fingerprint density at radius 1 is 1.54 bits per heavy atom. The van der Waals surface area contributed by atoms with Crippen molar-refractivity contribution in [3.63, 3.8) is 0 Å². The zero-order valence-electron chi connectivity index (χ0n) is 7.70. The van der Waals surface area contributed by atoms with Crippen molar-refractivity contribution in [2.24, 2.45) is 5.16 Å². The largest absolute Gasteiger partial charge is 0.399 e. The smallest absolute Gasteiger partial charge is 0.106 e. The summed E-state index contributed by atoms with van der Waals surface area (Å²) in [6, 6.07) is 8.16. The summed E-state index contributed by atoms with van der Waals surface area (Å²) in [6.07, 6.45) is 1.78. The Morgan fingerprint density at radius 3 is 2.92 bits per heavy atom. The van der Waals surface area contributed by atoms with Crippen LogP contribution in [-0.2, 0) is 4.84 Å². The SMILES string of the molecule is CO/N=C/C(C)c1cccc(Br)c1. The number of halogens is 1. The standard InChI is InChI=1S/C10H12BrNO/c1-8(7-12-13-2)9-4-3-5-10(11)6-9/h3-8H,1-2H3/b12-7+. The van der Waals surface area contributed by atoms with Gasteiger partial charge in [0.15, 0.2) is 0 Å². The molecule has 0 saturated heterocycles. The molecule has 0 aliphatic carbocycles. The summed E-state index contributed by atoms with van der Waals surface area (Å²) in [4.78, 5) is 4.62. The predicted octanol–water partition coefficient (Wildman–Crippen LogP) is 3.18. The lowest BCUT2D eigenvalue weighted by molar-refractivity contribution is 0.214. The molecule has 1 rings (SSSR count). The first-order chi connectivity index (χ1) is 6.24. The van der Waals surface area contributed by atoms with Gasteiger partial charge in [-0.15, -0.1) is 0 Å². The lowest BCUT2D eigenvalue weighted by atomic mass is 10.0. The molecular formula is C10H12BrNO. The van der Waals surface area contributed by atoms with Crippen molar-refractivity contribution in [1.82, 2.24) is 0 Å². The molecule has 0 radical (unpaired) electrons. The highest BCUT2D eigenvalue weighted by Crippen LogP contribution is 2.18. The Hall–Kier alpha value is -0.830. The zero-order valence-corrected chi connectivity index (χ0v) is 9.28. The maximum Gasteiger partial charge on any atom is 0.106 e. The molecule has 0 saturated carbocycles. The first kappa shape index (κ1) is 10.3. The summed E-state index contributed by atoms with van der Waals surface area (Å²) in [5, 5.41) is 3.74. The van der Waals surface area contributed by atoms with Crippen LogP contribution in [0.5, 0.6) is 0 Å². The first-order valence-corrected chi connectivity index (χ1v) is 4.85. The van der Waals surface area contributed by atoms with E-state index in [0.29, 0.717) is 0 Å². The van der Waals surface area contributed by atoms with Gasteiger partial charge in [-0.05, 0) is 17.7 Å². The summed E-state index contributed by atoms with van der Waals surface area (Å²) in [5.74, 6) is 0.275. The second-order valence-electron chi connectivity index (χ2n) is 2.78. The molecule has 70 valence electrons. The number of nitrogens with zero attached hydrogens (tertiary/aromatic N) is 1. The lowest BCUT2D eigenvalue weighted by Gasteiger charge is -2.05. The summed E-state index contributed by atoms with van der Waals surface area (Å²) in [5.41, 5.74) is 1.22. The number of rotatable bonds is 3. The van der Waals surface area contributed by atoms with Crippen LogP contribution >= 0.6 is 15.9 Å². The van der Waals surface area contributed by atoms with Crippen molar-refractivity contribution in [3.05, 3.63) is 34.3 Å². The van der Waals surface area contributed by atoms with Crippen molar-refractivity contribution in [2.75, 3.05) is 7.11 Å². The van der Waals surface area contributed by atoms with E-state index in [1.807, 2.05) is 12.1 Å². The molecule has 0 bridgehead atoms. The number of hydrogen-bond acceptors (Lipinski definition) is 2. The van der Waals surface area contributed by atoms with Crippen LogP contribution in [0.4, 0.5) is 0 Å². The van der Waals surface area contributed by atoms with Crippen molar-refractivity contribution in [2.45, 2.75) is 12.8 Å². The minimum Gasteiger partial charge on any atom is -0.399 e. The van der Waals surface area contributed by atoms with Gasteiger partial charge in [0.1, 0.15) is 7.11 Å². The number of benzene rings is 1. The van der Waals surface area contributed by atoms with E-state index in [-0.39, 0.29) is 5.92 Å². The molecule has 1 aromatic rings. The average Bonchev–Trinajstić information content (AvgIpc) is 2.14. The molecule has 0 aliphatic rings. The molecule has 1 aromatic carbocycles. The molecule has 0 heterocycles. The highest BCUT2D eigenvalue weighted by Gasteiger charge is 2.01. The summed E-state index contributed by atoms with van der Waals surface area (Å²) >= 11 is 3.42. The molecule has 0 amide bonds. The Bertz CT molecular complexity index is 299. The highest BCUT2D eigenvalue weighted by atomic mass is 79.9. The Labute approximate surface area is 86.7 Å². The Morgan fingerprint density at radius 2 is 2.31 bits per heavy atom. The Kier molecular flexibility index (Phi) is 3.96. The van der Waals surface area contributed by atoms with Crippen LogP contribution in [0.25, 0.3) is 0 Å². The van der Waals surface area contributed by atoms with Gasteiger partial charge in [-0.3, -0.25) is 0 Å². The molecule has 0 aliphatic heterocycles. The lowest BCUT2D eigenvalue weighted by Crippen LogP contribution is -1.94. The molecule has 13 heavy (non-hydrogen) atoms. The topological polar surface area (TPSA) is 21.6 Å². The number of hydrogen-bond donors (Lipinski definition) is 0. The van der Waals surface area contributed by atoms with Gasteiger partial charge in [0.05, 0.1) is 6.21 Å². The van der Waals surface area contributed by atoms with Gasteiger partial charge in [0.2, 0.25) is 0 Å². The van der Waals surface area contributed by atoms with Gasteiger partial charge in [-0.25, -0.2) is 0 Å². The van der Waals surface area contributed by atoms with Crippen LogP contribution < -0.4 is 0 Å². The van der Waals surface area contributed by atoms with E-state index in [1.54, 1.807) is 13.3 Å². The number of oxime groups is 1. The van der Waals surface area contributed by atoms with Crippen molar-refractivity contribution in [1.29, 1.82) is 0 Å². The van der Waals surface area contributed by atoms with Gasteiger partial charge in [-0.1, -0.05) is 40.1 Å². The summed E-state index contributed by atoms with van der Waals surface area (Å²) in [6.45, 7) is 2.07. The predicted molar refractivity (Wildman–Crippen MR) is 58.1 cm³/mol. The van der Waals surface area contributed by atoms with Crippen LogP contribution in [0.15, 0.2) is 33.9 Å². The molecule has 2 nitrogen and oxygen atoms in total. The second kappa shape index (κ2) is 5.02. The second-order valence-corrected chi connectivity index (χ2v) is 3.70. The quantitative estimate of drug-likeness (QED) is 0.589. The summed E-state index contributed by atoms with van der Waals surface area (Å²) in [7, 11) is 1.55.